The Morgan fingerprint density at radius 1 is 1.47 bits per heavy atom. The normalized spacial score (nSPS) is 8.40. The van der Waals surface area contributed by atoms with Crippen molar-refractivity contribution in [1.82, 2.24) is 5.32 Å². The van der Waals surface area contributed by atoms with Crippen molar-refractivity contribution in [2.45, 2.75) is 47.5 Å². The standard InChI is InChI=1S/C7H11N3.C3H8.C2H6/c1-3-7(9-2)10-6-4-5-8;1-3-2;1-2/h3,10H,2,4,6H2,1H3;3H2,1-2H3;1-2H3/b7-3+;;. The van der Waals surface area contributed by atoms with Gasteiger partial charge in [-0.3, -0.25) is 0 Å². The minimum atomic E-state index is 0.493. The maximum Gasteiger partial charge on any atom is 0.120 e. The molecule has 0 aliphatic heterocycles. The summed E-state index contributed by atoms with van der Waals surface area (Å²) in [5.41, 5.74) is 0. The molecule has 0 aliphatic carbocycles. The van der Waals surface area contributed by atoms with E-state index in [-0.39, 0.29) is 0 Å². The van der Waals surface area contributed by atoms with E-state index in [2.05, 4.69) is 30.9 Å². The van der Waals surface area contributed by atoms with Gasteiger partial charge in [-0.1, -0.05) is 34.1 Å². The first-order chi connectivity index (χ1) is 7.26. The van der Waals surface area contributed by atoms with Gasteiger partial charge >= 0.3 is 0 Å². The molecular weight excluding hydrogens is 186 g/mol. The Morgan fingerprint density at radius 2 is 1.93 bits per heavy atom. The van der Waals surface area contributed by atoms with Crippen LogP contribution >= 0.6 is 0 Å². The Bertz CT molecular complexity index is 178. The zero-order valence-electron chi connectivity index (χ0n) is 10.8. The predicted molar refractivity (Wildman–Crippen MR) is 68.9 cm³/mol. The quantitative estimate of drug-likeness (QED) is 0.571. The molecule has 0 heterocycles. The second-order valence-corrected chi connectivity index (χ2v) is 2.37. The molecule has 0 atom stereocenters. The van der Waals surface area contributed by atoms with Gasteiger partial charge in [-0.25, -0.2) is 4.99 Å². The van der Waals surface area contributed by atoms with Crippen molar-refractivity contribution < 1.29 is 0 Å². The first-order valence-corrected chi connectivity index (χ1v) is 5.50. The van der Waals surface area contributed by atoms with Gasteiger partial charge in [-0.2, -0.15) is 5.26 Å². The van der Waals surface area contributed by atoms with E-state index >= 15 is 0 Å². The van der Waals surface area contributed by atoms with Crippen LogP contribution in [0.15, 0.2) is 16.9 Å². The zero-order valence-corrected chi connectivity index (χ0v) is 10.8. The van der Waals surface area contributed by atoms with E-state index in [9.17, 15) is 0 Å². The first kappa shape index (κ1) is 19.3. The molecule has 0 saturated heterocycles. The van der Waals surface area contributed by atoms with E-state index in [1.54, 1.807) is 0 Å². The van der Waals surface area contributed by atoms with Crippen molar-refractivity contribution in [2.75, 3.05) is 6.54 Å². The first-order valence-electron chi connectivity index (χ1n) is 5.50. The number of nitrogens with one attached hydrogen (secondary N) is 1. The largest absolute Gasteiger partial charge is 0.369 e. The number of hydrogen-bond acceptors (Lipinski definition) is 3. The van der Waals surface area contributed by atoms with E-state index in [0.29, 0.717) is 13.0 Å². The highest BCUT2D eigenvalue weighted by Gasteiger charge is 1.86. The van der Waals surface area contributed by atoms with Crippen molar-refractivity contribution >= 4 is 6.72 Å². The molecule has 0 radical (unpaired) electrons. The topological polar surface area (TPSA) is 48.2 Å². The number of aliphatic imine (C=N–C) groups is 1. The Kier molecular flexibility index (Phi) is 29.6. The number of nitriles is 1. The van der Waals surface area contributed by atoms with Gasteiger partial charge in [-0.05, 0) is 19.7 Å². The lowest BCUT2D eigenvalue weighted by Crippen LogP contribution is -2.12. The fourth-order valence-electron chi connectivity index (χ4n) is 0.496. The highest BCUT2D eigenvalue weighted by atomic mass is 15.0. The minimum absolute atomic E-state index is 0.493. The van der Waals surface area contributed by atoms with Crippen molar-refractivity contribution in [1.29, 1.82) is 5.26 Å². The van der Waals surface area contributed by atoms with Gasteiger partial charge in [0, 0.05) is 6.54 Å². The van der Waals surface area contributed by atoms with Crippen LogP contribution < -0.4 is 5.32 Å². The van der Waals surface area contributed by atoms with E-state index in [1.165, 1.54) is 6.42 Å². The predicted octanol–water partition coefficient (Wildman–Crippen LogP) is 3.49. The summed E-state index contributed by atoms with van der Waals surface area (Å²) in [6, 6.07) is 2.02. The molecule has 1 N–H and O–H groups in total. The summed E-state index contributed by atoms with van der Waals surface area (Å²) < 4.78 is 0. The van der Waals surface area contributed by atoms with Gasteiger partial charge in [0.05, 0.1) is 12.5 Å². The maximum atomic E-state index is 8.17. The highest BCUT2D eigenvalue weighted by molar-refractivity contribution is 5.28. The zero-order chi connectivity index (χ0) is 12.5. The molecule has 0 saturated carbocycles. The van der Waals surface area contributed by atoms with Crippen LogP contribution in [0.5, 0.6) is 0 Å². The van der Waals surface area contributed by atoms with E-state index < -0.39 is 0 Å². The Morgan fingerprint density at radius 3 is 2.20 bits per heavy atom. The average molecular weight is 211 g/mol. The van der Waals surface area contributed by atoms with Gasteiger partial charge in [0.1, 0.15) is 5.82 Å². The lowest BCUT2D eigenvalue weighted by Gasteiger charge is -2.00. The Labute approximate surface area is 94.9 Å². The van der Waals surface area contributed by atoms with Gasteiger partial charge < -0.3 is 5.32 Å². The fourth-order valence-corrected chi connectivity index (χ4v) is 0.496. The van der Waals surface area contributed by atoms with E-state index in [0.717, 1.165) is 5.82 Å². The summed E-state index contributed by atoms with van der Waals surface area (Å²) >= 11 is 0. The van der Waals surface area contributed by atoms with Gasteiger partial charge in [0.2, 0.25) is 0 Å². The summed E-state index contributed by atoms with van der Waals surface area (Å²) in [5.74, 6) is 0.732. The van der Waals surface area contributed by atoms with Crippen LogP contribution in [-0.4, -0.2) is 13.3 Å². The monoisotopic (exact) mass is 211 g/mol. The Balaban J connectivity index is -0.000000245. The molecule has 0 rings (SSSR count). The molecule has 0 bridgehead atoms. The molecule has 0 aliphatic rings. The molecule has 88 valence electrons. The van der Waals surface area contributed by atoms with Gasteiger partial charge in [0.15, 0.2) is 0 Å². The van der Waals surface area contributed by atoms with Crippen LogP contribution in [0.25, 0.3) is 0 Å². The molecule has 0 unspecified atom stereocenters. The Hall–Kier alpha value is -1.30. The van der Waals surface area contributed by atoms with Crippen LogP contribution in [0.1, 0.15) is 47.5 Å². The van der Waals surface area contributed by atoms with Crippen molar-refractivity contribution in [2.24, 2.45) is 4.99 Å². The third-order valence-electron chi connectivity index (χ3n) is 0.987. The minimum Gasteiger partial charge on any atom is -0.369 e. The van der Waals surface area contributed by atoms with Gasteiger partial charge in [-0.15, -0.1) is 0 Å². The lowest BCUT2D eigenvalue weighted by molar-refractivity contribution is 0.798. The average Bonchev–Trinajstić information content (AvgIpc) is 2.28. The fraction of sp³-hybridized carbons (Fsp3) is 0.667. The van der Waals surface area contributed by atoms with Crippen molar-refractivity contribution in [3.05, 3.63) is 11.9 Å². The van der Waals surface area contributed by atoms with Crippen LogP contribution in [0.4, 0.5) is 0 Å². The SMILES string of the molecule is C=N/C(=C\C)NCCC#N.CC.CCC. The summed E-state index contributed by atoms with van der Waals surface area (Å²) in [6.45, 7) is 14.1. The summed E-state index contributed by atoms with van der Waals surface area (Å²) in [7, 11) is 0. The van der Waals surface area contributed by atoms with Crippen molar-refractivity contribution in [3.8, 4) is 6.07 Å². The molecule has 15 heavy (non-hydrogen) atoms. The molecule has 0 aromatic heterocycles. The number of hydrogen-bond donors (Lipinski definition) is 1. The maximum absolute atomic E-state index is 8.17. The molecule has 0 aromatic carbocycles. The van der Waals surface area contributed by atoms with Crippen LogP contribution in [0.3, 0.4) is 0 Å². The van der Waals surface area contributed by atoms with E-state index in [4.69, 9.17) is 5.26 Å². The highest BCUT2D eigenvalue weighted by Crippen LogP contribution is 1.87. The second kappa shape index (κ2) is 23.0. The van der Waals surface area contributed by atoms with Crippen LogP contribution in [0, 0.1) is 11.3 Å². The van der Waals surface area contributed by atoms with E-state index in [1.807, 2.05) is 32.9 Å². The summed E-state index contributed by atoms with van der Waals surface area (Å²) in [4.78, 5) is 3.67. The molecule has 0 aromatic rings. The number of nitrogens with zero attached hydrogens (tertiary/aromatic N) is 2. The number of rotatable bonds is 4. The molecule has 0 amide bonds. The van der Waals surface area contributed by atoms with Gasteiger partial charge in [0.25, 0.3) is 0 Å². The number of allylic oxidation sites excluding steroid dienone is 1. The lowest BCUT2D eigenvalue weighted by atomic mass is 10.4. The molecule has 0 fully saturated rings. The third kappa shape index (κ3) is 24.5. The molecule has 3 heteroatoms. The smallest absolute Gasteiger partial charge is 0.120 e. The molecule has 0 spiro atoms. The summed E-state index contributed by atoms with van der Waals surface area (Å²) in [5, 5.41) is 11.1. The van der Waals surface area contributed by atoms with Crippen LogP contribution in [0.2, 0.25) is 0 Å². The van der Waals surface area contributed by atoms with Crippen LogP contribution in [-0.2, 0) is 0 Å². The van der Waals surface area contributed by atoms with Crippen molar-refractivity contribution in [3.63, 3.8) is 0 Å². The summed E-state index contributed by atoms with van der Waals surface area (Å²) in [6.07, 6.45) is 3.55. The molecular formula is C12H25N3. The third-order valence-corrected chi connectivity index (χ3v) is 0.987. The second-order valence-electron chi connectivity index (χ2n) is 2.37. The molecule has 3 nitrogen and oxygen atoms in total.